The van der Waals surface area contributed by atoms with Crippen molar-refractivity contribution in [1.82, 2.24) is 10.2 Å². The standard InChI is InChI=1S/C22H25FN2O3/c1-15(26)16-8-9-19(20(23)13-16)22(27)24-14-21(25-10-3-4-11-25)17-6-5-7-18(12-17)28-2/h5-9,12-13,21H,3-4,10-11,14H2,1-2H3,(H,24,27). The van der Waals surface area contributed by atoms with Crippen LogP contribution in [0.15, 0.2) is 42.5 Å². The predicted molar refractivity (Wildman–Crippen MR) is 105 cm³/mol. The van der Waals surface area contributed by atoms with Crippen LogP contribution in [0.2, 0.25) is 0 Å². The van der Waals surface area contributed by atoms with Gasteiger partial charge in [-0.15, -0.1) is 0 Å². The minimum Gasteiger partial charge on any atom is -0.497 e. The van der Waals surface area contributed by atoms with E-state index in [1.165, 1.54) is 19.1 Å². The van der Waals surface area contributed by atoms with E-state index in [1.54, 1.807) is 7.11 Å². The van der Waals surface area contributed by atoms with Crippen LogP contribution in [-0.2, 0) is 0 Å². The molecule has 0 saturated carbocycles. The van der Waals surface area contributed by atoms with Crippen LogP contribution in [0.25, 0.3) is 0 Å². The van der Waals surface area contributed by atoms with E-state index in [-0.39, 0.29) is 23.0 Å². The number of rotatable bonds is 7. The van der Waals surface area contributed by atoms with Gasteiger partial charge in [0, 0.05) is 12.1 Å². The Hall–Kier alpha value is -2.73. The lowest BCUT2D eigenvalue weighted by molar-refractivity contribution is 0.0931. The molecule has 1 atom stereocenters. The Bertz CT molecular complexity index is 863. The minimum absolute atomic E-state index is 0.0129. The van der Waals surface area contributed by atoms with Crippen molar-refractivity contribution < 1.29 is 18.7 Å². The zero-order valence-electron chi connectivity index (χ0n) is 16.2. The van der Waals surface area contributed by atoms with Gasteiger partial charge in [-0.2, -0.15) is 0 Å². The molecule has 1 N–H and O–H groups in total. The first-order valence-electron chi connectivity index (χ1n) is 9.46. The fourth-order valence-electron chi connectivity index (χ4n) is 3.56. The van der Waals surface area contributed by atoms with Crippen LogP contribution in [0.1, 0.15) is 52.1 Å². The van der Waals surface area contributed by atoms with Gasteiger partial charge in [-0.25, -0.2) is 4.39 Å². The number of benzene rings is 2. The molecule has 1 unspecified atom stereocenters. The van der Waals surface area contributed by atoms with Crippen LogP contribution in [-0.4, -0.2) is 43.3 Å². The van der Waals surface area contributed by atoms with Crippen LogP contribution in [0, 0.1) is 5.82 Å². The highest BCUT2D eigenvalue weighted by atomic mass is 19.1. The molecule has 1 fully saturated rings. The van der Waals surface area contributed by atoms with Crippen molar-refractivity contribution in [3.63, 3.8) is 0 Å². The number of nitrogens with zero attached hydrogens (tertiary/aromatic N) is 1. The van der Waals surface area contributed by atoms with Crippen LogP contribution in [0.3, 0.4) is 0 Å². The highest BCUT2D eigenvalue weighted by molar-refractivity contribution is 5.98. The van der Waals surface area contributed by atoms with E-state index in [0.29, 0.717) is 6.54 Å². The van der Waals surface area contributed by atoms with E-state index in [4.69, 9.17) is 4.74 Å². The largest absolute Gasteiger partial charge is 0.497 e. The number of Topliss-reactive ketones (excluding diaryl/α,β-unsaturated/α-hetero) is 1. The lowest BCUT2D eigenvalue weighted by Gasteiger charge is -2.28. The van der Waals surface area contributed by atoms with Crippen LogP contribution < -0.4 is 10.1 Å². The lowest BCUT2D eigenvalue weighted by atomic mass is 10.0. The molecule has 2 aromatic carbocycles. The number of nitrogens with one attached hydrogen (secondary N) is 1. The van der Waals surface area contributed by atoms with Crippen LogP contribution in [0.4, 0.5) is 4.39 Å². The van der Waals surface area contributed by atoms with Gasteiger partial charge in [-0.3, -0.25) is 14.5 Å². The van der Waals surface area contributed by atoms with Gasteiger partial charge in [0.15, 0.2) is 5.78 Å². The first-order valence-corrected chi connectivity index (χ1v) is 9.46. The maximum absolute atomic E-state index is 14.3. The summed E-state index contributed by atoms with van der Waals surface area (Å²) < 4.78 is 19.6. The molecule has 3 rings (SSSR count). The third kappa shape index (κ3) is 4.57. The number of carbonyl (C=O) groups is 2. The Morgan fingerprint density at radius 1 is 1.18 bits per heavy atom. The summed E-state index contributed by atoms with van der Waals surface area (Å²) in [4.78, 5) is 26.2. The number of likely N-dealkylation sites (tertiary alicyclic amines) is 1. The van der Waals surface area contributed by atoms with Gasteiger partial charge in [0.05, 0.1) is 18.7 Å². The molecule has 1 aliphatic rings. The molecular weight excluding hydrogens is 359 g/mol. The molecule has 1 amide bonds. The maximum atomic E-state index is 14.3. The SMILES string of the molecule is COc1cccc(C(CNC(=O)c2ccc(C(C)=O)cc2F)N2CCCC2)c1. The Morgan fingerprint density at radius 3 is 2.57 bits per heavy atom. The second-order valence-electron chi connectivity index (χ2n) is 7.00. The Morgan fingerprint density at radius 2 is 1.93 bits per heavy atom. The quantitative estimate of drug-likeness (QED) is 0.741. The van der Waals surface area contributed by atoms with E-state index in [0.717, 1.165) is 43.3 Å². The summed E-state index contributed by atoms with van der Waals surface area (Å²) in [5.74, 6) is -0.652. The van der Waals surface area contributed by atoms with Crippen LogP contribution >= 0.6 is 0 Å². The first kappa shape index (κ1) is 20.0. The summed E-state index contributed by atoms with van der Waals surface area (Å²) in [6.45, 7) is 3.64. The molecule has 5 nitrogen and oxygen atoms in total. The average Bonchev–Trinajstić information content (AvgIpc) is 3.22. The van der Waals surface area contributed by atoms with Gasteiger partial charge in [0.25, 0.3) is 5.91 Å². The van der Waals surface area contributed by atoms with Crippen molar-refractivity contribution in [3.8, 4) is 5.75 Å². The second-order valence-corrected chi connectivity index (χ2v) is 7.00. The van der Waals surface area contributed by atoms with Crippen molar-refractivity contribution in [2.45, 2.75) is 25.8 Å². The molecule has 0 aliphatic carbocycles. The van der Waals surface area contributed by atoms with Gasteiger partial charge in [0.2, 0.25) is 0 Å². The number of ketones is 1. The molecule has 1 heterocycles. The molecule has 0 spiro atoms. The topological polar surface area (TPSA) is 58.6 Å². The molecule has 1 aliphatic heterocycles. The number of hydrogen-bond donors (Lipinski definition) is 1. The van der Waals surface area contributed by atoms with Crippen LogP contribution in [0.5, 0.6) is 5.75 Å². The summed E-state index contributed by atoms with van der Waals surface area (Å²) >= 11 is 0. The molecular formula is C22H25FN2O3. The molecule has 148 valence electrons. The van der Waals surface area contributed by atoms with Gasteiger partial charge in [-0.05, 0) is 62.7 Å². The average molecular weight is 384 g/mol. The van der Waals surface area contributed by atoms with E-state index in [1.807, 2.05) is 24.3 Å². The predicted octanol–water partition coefficient (Wildman–Crippen LogP) is 3.60. The lowest BCUT2D eigenvalue weighted by Crippen LogP contribution is -2.37. The van der Waals surface area contributed by atoms with E-state index < -0.39 is 11.7 Å². The van der Waals surface area contributed by atoms with Gasteiger partial charge in [0.1, 0.15) is 11.6 Å². The Labute approximate surface area is 164 Å². The van der Waals surface area contributed by atoms with Gasteiger partial charge < -0.3 is 10.1 Å². The van der Waals surface area contributed by atoms with E-state index in [9.17, 15) is 14.0 Å². The first-order chi connectivity index (χ1) is 13.5. The van der Waals surface area contributed by atoms with Crippen molar-refractivity contribution in [2.24, 2.45) is 0 Å². The number of hydrogen-bond acceptors (Lipinski definition) is 4. The highest BCUT2D eigenvalue weighted by Crippen LogP contribution is 2.27. The summed E-state index contributed by atoms with van der Waals surface area (Å²) in [6, 6.07) is 11.7. The number of carbonyl (C=O) groups excluding carboxylic acids is 2. The fourth-order valence-corrected chi connectivity index (χ4v) is 3.56. The fraction of sp³-hybridized carbons (Fsp3) is 0.364. The van der Waals surface area contributed by atoms with E-state index in [2.05, 4.69) is 10.2 Å². The number of ether oxygens (including phenoxy) is 1. The monoisotopic (exact) mass is 384 g/mol. The van der Waals surface area contributed by atoms with Crippen molar-refractivity contribution in [2.75, 3.05) is 26.7 Å². The van der Waals surface area contributed by atoms with Crippen molar-refractivity contribution in [3.05, 3.63) is 65.0 Å². The molecule has 0 aromatic heterocycles. The molecule has 6 heteroatoms. The third-order valence-corrected chi connectivity index (χ3v) is 5.14. The minimum atomic E-state index is -0.690. The third-order valence-electron chi connectivity index (χ3n) is 5.14. The molecule has 2 aromatic rings. The summed E-state index contributed by atoms with van der Waals surface area (Å²) in [5.41, 5.74) is 1.24. The molecule has 0 bridgehead atoms. The summed E-state index contributed by atoms with van der Waals surface area (Å²) in [5, 5.41) is 2.86. The summed E-state index contributed by atoms with van der Waals surface area (Å²) in [7, 11) is 1.62. The Kier molecular flexibility index (Phi) is 6.41. The molecule has 1 saturated heterocycles. The normalized spacial score (nSPS) is 15.2. The van der Waals surface area contributed by atoms with Crippen molar-refractivity contribution in [1.29, 1.82) is 0 Å². The van der Waals surface area contributed by atoms with Gasteiger partial charge in [-0.1, -0.05) is 18.2 Å². The maximum Gasteiger partial charge on any atom is 0.254 e. The summed E-state index contributed by atoms with van der Waals surface area (Å²) in [6.07, 6.45) is 2.24. The molecule has 28 heavy (non-hydrogen) atoms. The number of methoxy groups -OCH3 is 1. The van der Waals surface area contributed by atoms with Crippen molar-refractivity contribution >= 4 is 11.7 Å². The second kappa shape index (κ2) is 8.97. The smallest absolute Gasteiger partial charge is 0.254 e. The zero-order valence-corrected chi connectivity index (χ0v) is 16.2. The molecule has 0 radical (unpaired) electrons. The number of halogens is 1. The Balaban J connectivity index is 1.76. The zero-order chi connectivity index (χ0) is 20.1. The highest BCUT2D eigenvalue weighted by Gasteiger charge is 2.25. The number of amides is 1. The van der Waals surface area contributed by atoms with Gasteiger partial charge >= 0.3 is 0 Å². The van der Waals surface area contributed by atoms with E-state index >= 15 is 0 Å².